The fourth-order valence-corrected chi connectivity index (χ4v) is 2.08. The van der Waals surface area contributed by atoms with Gasteiger partial charge in [0.2, 0.25) is 0 Å². The summed E-state index contributed by atoms with van der Waals surface area (Å²) in [6.07, 6.45) is 2.64. The van der Waals surface area contributed by atoms with E-state index < -0.39 is 17.6 Å². The Kier molecular flexibility index (Phi) is 5.80. The number of phenolic OH excluding ortho intramolecular Hbond substituents is 2. The minimum Gasteiger partial charge on any atom is -0.507 e. The fraction of sp³-hybridized carbons (Fsp3) is 0.471. The Morgan fingerprint density at radius 1 is 1.17 bits per heavy atom. The van der Waals surface area contributed by atoms with Crippen molar-refractivity contribution in [3.8, 4) is 11.5 Å². The van der Waals surface area contributed by atoms with Gasteiger partial charge in [-0.25, -0.2) is 0 Å². The van der Waals surface area contributed by atoms with Crippen LogP contribution in [-0.4, -0.2) is 44.6 Å². The van der Waals surface area contributed by atoms with Gasteiger partial charge in [-0.3, -0.25) is 4.79 Å². The summed E-state index contributed by atoms with van der Waals surface area (Å²) in [5.74, 6) is -0.604. The number of amides is 1. The summed E-state index contributed by atoms with van der Waals surface area (Å²) in [4.78, 5) is 12.0. The summed E-state index contributed by atoms with van der Waals surface area (Å²) in [5, 5.41) is 41.9. The van der Waals surface area contributed by atoms with E-state index in [2.05, 4.69) is 5.32 Å². The lowest BCUT2D eigenvalue weighted by molar-refractivity contribution is -0.134. The molecule has 6 nitrogen and oxygen atoms in total. The SMILES string of the molecule is Cc1c(C)c(O)c(C=CC(C)(O)C(=O)NC(C)CO)c(C)c1O. The van der Waals surface area contributed by atoms with Crippen molar-refractivity contribution in [2.75, 3.05) is 6.61 Å². The van der Waals surface area contributed by atoms with Crippen molar-refractivity contribution < 1.29 is 25.2 Å². The maximum Gasteiger partial charge on any atom is 0.255 e. The highest BCUT2D eigenvalue weighted by molar-refractivity contribution is 5.88. The average molecular weight is 323 g/mol. The zero-order chi connectivity index (χ0) is 17.9. The molecule has 0 fully saturated rings. The third kappa shape index (κ3) is 4.03. The third-order valence-corrected chi connectivity index (χ3v) is 3.97. The third-order valence-electron chi connectivity index (χ3n) is 3.97. The highest BCUT2D eigenvalue weighted by Gasteiger charge is 2.28. The Morgan fingerprint density at radius 3 is 2.22 bits per heavy atom. The van der Waals surface area contributed by atoms with Gasteiger partial charge >= 0.3 is 0 Å². The topological polar surface area (TPSA) is 110 Å². The molecule has 0 aromatic heterocycles. The Hall–Kier alpha value is -2.05. The molecule has 0 aliphatic rings. The van der Waals surface area contributed by atoms with Gasteiger partial charge < -0.3 is 25.7 Å². The molecule has 0 bridgehead atoms. The van der Waals surface area contributed by atoms with Crippen LogP contribution in [0.5, 0.6) is 11.5 Å². The maximum atomic E-state index is 12.0. The summed E-state index contributed by atoms with van der Waals surface area (Å²) in [5.41, 5.74) is 0.0938. The van der Waals surface area contributed by atoms with Gasteiger partial charge in [-0.2, -0.15) is 0 Å². The van der Waals surface area contributed by atoms with E-state index in [0.29, 0.717) is 22.3 Å². The van der Waals surface area contributed by atoms with Gasteiger partial charge in [0.25, 0.3) is 5.91 Å². The van der Waals surface area contributed by atoms with E-state index in [4.69, 9.17) is 5.11 Å². The minimum absolute atomic E-state index is 0.00557. The fourth-order valence-electron chi connectivity index (χ4n) is 2.08. The van der Waals surface area contributed by atoms with Crippen molar-refractivity contribution in [1.82, 2.24) is 5.32 Å². The summed E-state index contributed by atoms with van der Waals surface area (Å²) in [6.45, 7) is 7.69. The van der Waals surface area contributed by atoms with Gasteiger partial charge in [-0.1, -0.05) is 6.08 Å². The molecule has 1 amide bonds. The van der Waals surface area contributed by atoms with Crippen molar-refractivity contribution in [3.05, 3.63) is 28.3 Å². The lowest BCUT2D eigenvalue weighted by Gasteiger charge is -2.21. The van der Waals surface area contributed by atoms with Gasteiger partial charge in [-0.05, 0) is 51.8 Å². The van der Waals surface area contributed by atoms with Crippen LogP contribution in [-0.2, 0) is 4.79 Å². The van der Waals surface area contributed by atoms with Crippen LogP contribution in [0.15, 0.2) is 6.08 Å². The Balaban J connectivity index is 3.17. The number of rotatable bonds is 5. The van der Waals surface area contributed by atoms with E-state index in [1.165, 1.54) is 19.1 Å². The summed E-state index contributed by atoms with van der Waals surface area (Å²) in [7, 11) is 0. The quantitative estimate of drug-likeness (QED) is 0.524. The molecule has 6 heteroatoms. The molecular weight excluding hydrogens is 298 g/mol. The van der Waals surface area contributed by atoms with Crippen LogP contribution in [0.1, 0.15) is 36.1 Å². The average Bonchev–Trinajstić information content (AvgIpc) is 2.50. The van der Waals surface area contributed by atoms with Crippen LogP contribution < -0.4 is 5.32 Å². The number of nitrogens with one attached hydrogen (secondary N) is 1. The van der Waals surface area contributed by atoms with E-state index in [1.807, 2.05) is 0 Å². The number of aromatic hydroxyl groups is 2. The molecule has 2 unspecified atom stereocenters. The Morgan fingerprint density at radius 2 is 1.70 bits per heavy atom. The number of aliphatic hydroxyl groups is 2. The molecule has 0 saturated heterocycles. The molecule has 0 aliphatic carbocycles. The normalized spacial score (nSPS) is 15.4. The zero-order valence-electron chi connectivity index (χ0n) is 14.1. The second-order valence-corrected chi connectivity index (χ2v) is 6.02. The smallest absolute Gasteiger partial charge is 0.255 e. The predicted octanol–water partition coefficient (Wildman–Crippen LogP) is 1.28. The number of phenols is 2. The first-order valence-corrected chi connectivity index (χ1v) is 7.38. The van der Waals surface area contributed by atoms with Crippen LogP contribution in [0.4, 0.5) is 0 Å². The molecule has 0 heterocycles. The molecule has 1 aromatic carbocycles. The van der Waals surface area contributed by atoms with Crippen molar-refractivity contribution >= 4 is 12.0 Å². The molecule has 0 saturated carbocycles. The van der Waals surface area contributed by atoms with E-state index >= 15 is 0 Å². The highest BCUT2D eigenvalue weighted by atomic mass is 16.3. The number of carbonyl (C=O) groups excluding carboxylic acids is 1. The molecule has 2 atom stereocenters. The second kappa shape index (κ2) is 7.02. The minimum atomic E-state index is -1.82. The van der Waals surface area contributed by atoms with E-state index in [9.17, 15) is 20.1 Å². The predicted molar refractivity (Wildman–Crippen MR) is 88.3 cm³/mol. The highest BCUT2D eigenvalue weighted by Crippen LogP contribution is 2.37. The van der Waals surface area contributed by atoms with Gasteiger partial charge in [0, 0.05) is 17.2 Å². The molecule has 0 radical (unpaired) electrons. The summed E-state index contributed by atoms with van der Waals surface area (Å²) in [6, 6.07) is -0.483. The molecule has 0 aliphatic heterocycles. The number of benzene rings is 1. The summed E-state index contributed by atoms with van der Waals surface area (Å²) < 4.78 is 0. The van der Waals surface area contributed by atoms with E-state index in [-0.39, 0.29) is 18.1 Å². The molecule has 5 N–H and O–H groups in total. The van der Waals surface area contributed by atoms with Crippen LogP contribution in [0.3, 0.4) is 0 Å². The number of carbonyl (C=O) groups is 1. The molecule has 0 spiro atoms. The largest absolute Gasteiger partial charge is 0.507 e. The van der Waals surface area contributed by atoms with Gasteiger partial charge in [-0.15, -0.1) is 0 Å². The molecule has 1 rings (SSSR count). The molecule has 23 heavy (non-hydrogen) atoms. The lowest BCUT2D eigenvalue weighted by atomic mass is 9.95. The van der Waals surface area contributed by atoms with Crippen LogP contribution in [0, 0.1) is 20.8 Å². The molecule has 1 aromatic rings. The molecule has 128 valence electrons. The standard InChI is InChI=1S/C17H25NO5/c1-9(8-19)18-16(22)17(5,23)7-6-13-12(4)14(20)10(2)11(3)15(13)21/h6-7,9,19-21,23H,8H2,1-5H3,(H,18,22). The van der Waals surface area contributed by atoms with E-state index in [0.717, 1.165) is 0 Å². The Bertz CT molecular complexity index is 605. The monoisotopic (exact) mass is 323 g/mol. The molecular formula is C17H25NO5. The zero-order valence-corrected chi connectivity index (χ0v) is 14.1. The van der Waals surface area contributed by atoms with Crippen molar-refractivity contribution in [3.63, 3.8) is 0 Å². The number of aliphatic hydroxyl groups excluding tert-OH is 1. The summed E-state index contributed by atoms with van der Waals surface area (Å²) >= 11 is 0. The maximum absolute atomic E-state index is 12.0. The van der Waals surface area contributed by atoms with Crippen LogP contribution >= 0.6 is 0 Å². The second-order valence-electron chi connectivity index (χ2n) is 6.02. The van der Waals surface area contributed by atoms with E-state index in [1.54, 1.807) is 27.7 Å². The van der Waals surface area contributed by atoms with Crippen molar-refractivity contribution in [1.29, 1.82) is 0 Å². The first kappa shape index (κ1) is 19.0. The first-order chi connectivity index (χ1) is 10.5. The van der Waals surface area contributed by atoms with Gasteiger partial charge in [0.1, 0.15) is 11.5 Å². The Labute approximate surface area is 136 Å². The van der Waals surface area contributed by atoms with Crippen LogP contribution in [0.2, 0.25) is 0 Å². The number of hydrogen-bond donors (Lipinski definition) is 5. The van der Waals surface area contributed by atoms with Gasteiger partial charge in [0.05, 0.1) is 6.61 Å². The van der Waals surface area contributed by atoms with Gasteiger partial charge in [0.15, 0.2) is 5.60 Å². The van der Waals surface area contributed by atoms with Crippen molar-refractivity contribution in [2.45, 2.75) is 46.3 Å². The van der Waals surface area contributed by atoms with Crippen molar-refractivity contribution in [2.24, 2.45) is 0 Å². The first-order valence-electron chi connectivity index (χ1n) is 7.38. The number of hydrogen-bond acceptors (Lipinski definition) is 5. The lowest BCUT2D eigenvalue weighted by Crippen LogP contribution is -2.47. The van der Waals surface area contributed by atoms with Crippen LogP contribution in [0.25, 0.3) is 6.08 Å².